The number of carbonyl (C=O) groups is 1. The van der Waals surface area contributed by atoms with Gasteiger partial charge in [0.1, 0.15) is 5.01 Å². The number of carbonyl (C=O) groups excluding carboxylic acids is 1. The summed E-state index contributed by atoms with van der Waals surface area (Å²) in [5, 5.41) is 6.48. The number of aromatic nitrogens is 1. The highest BCUT2D eigenvalue weighted by molar-refractivity contribution is 7.13. The Kier molecular flexibility index (Phi) is 3.70. The van der Waals surface area contributed by atoms with Crippen LogP contribution in [0.4, 0.5) is 0 Å². The Hall–Kier alpha value is -1.68. The molecule has 2 aromatic rings. The first-order valence-corrected chi connectivity index (χ1v) is 10.4. The van der Waals surface area contributed by atoms with Crippen LogP contribution in [0.5, 0.6) is 0 Å². The molecule has 4 heteroatoms. The van der Waals surface area contributed by atoms with Gasteiger partial charge in [-0.2, -0.15) is 0 Å². The van der Waals surface area contributed by atoms with Gasteiger partial charge in [0.15, 0.2) is 0 Å². The Morgan fingerprint density at radius 3 is 2.36 bits per heavy atom. The molecule has 4 aliphatic carbocycles. The maximum absolute atomic E-state index is 12.7. The van der Waals surface area contributed by atoms with E-state index in [1.165, 1.54) is 38.5 Å². The first-order valence-electron chi connectivity index (χ1n) is 9.48. The molecule has 1 N–H and O–H groups in total. The third-order valence-electron chi connectivity index (χ3n) is 6.36. The molecule has 0 unspecified atom stereocenters. The minimum atomic E-state index is 0.101. The van der Waals surface area contributed by atoms with Crippen molar-refractivity contribution in [3.05, 3.63) is 41.4 Å². The highest BCUT2D eigenvalue weighted by Crippen LogP contribution is 2.55. The van der Waals surface area contributed by atoms with E-state index >= 15 is 0 Å². The van der Waals surface area contributed by atoms with Gasteiger partial charge in [-0.15, -0.1) is 11.3 Å². The van der Waals surface area contributed by atoms with E-state index in [1.54, 1.807) is 11.3 Å². The molecule has 25 heavy (non-hydrogen) atoms. The summed E-state index contributed by atoms with van der Waals surface area (Å²) in [6.07, 6.45) is 8.24. The van der Waals surface area contributed by atoms with Crippen LogP contribution in [-0.2, 0) is 11.2 Å². The second-order valence-corrected chi connectivity index (χ2v) is 9.29. The van der Waals surface area contributed by atoms with E-state index in [4.69, 9.17) is 0 Å². The van der Waals surface area contributed by atoms with Gasteiger partial charge in [-0.05, 0) is 56.3 Å². The molecule has 4 fully saturated rings. The number of rotatable bonds is 4. The average molecular weight is 353 g/mol. The van der Waals surface area contributed by atoms with Gasteiger partial charge in [-0.1, -0.05) is 30.3 Å². The summed E-state index contributed by atoms with van der Waals surface area (Å²) < 4.78 is 0. The van der Waals surface area contributed by atoms with E-state index in [1.807, 2.05) is 23.6 Å². The highest BCUT2D eigenvalue weighted by atomic mass is 32.1. The fourth-order valence-corrected chi connectivity index (χ4v) is 6.70. The third kappa shape index (κ3) is 3.01. The standard InChI is InChI=1S/C21H24N2OS/c24-19(9-18-13-25-20(22-18)17-4-2-1-3-5-17)23-21-10-14-6-15(11-21)8-16(7-14)12-21/h1-5,13-16H,6-12H2,(H,23,24). The van der Waals surface area contributed by atoms with E-state index in [-0.39, 0.29) is 11.4 Å². The fourth-order valence-electron chi connectivity index (χ4n) is 5.87. The molecular weight excluding hydrogens is 328 g/mol. The quantitative estimate of drug-likeness (QED) is 0.884. The van der Waals surface area contributed by atoms with Crippen molar-refractivity contribution in [3.8, 4) is 10.6 Å². The summed E-state index contributed by atoms with van der Waals surface area (Å²) in [5.41, 5.74) is 2.12. The molecular formula is C21H24N2OS. The summed E-state index contributed by atoms with van der Waals surface area (Å²) in [6.45, 7) is 0. The Labute approximate surface area is 152 Å². The zero-order valence-corrected chi connectivity index (χ0v) is 15.2. The molecule has 4 aliphatic rings. The van der Waals surface area contributed by atoms with Crippen molar-refractivity contribution in [3.63, 3.8) is 0 Å². The molecule has 0 radical (unpaired) electrons. The zero-order valence-electron chi connectivity index (χ0n) is 14.4. The minimum absolute atomic E-state index is 0.101. The molecule has 4 bridgehead atoms. The lowest BCUT2D eigenvalue weighted by Crippen LogP contribution is -2.60. The lowest BCUT2D eigenvalue weighted by Gasteiger charge is -2.56. The smallest absolute Gasteiger partial charge is 0.226 e. The van der Waals surface area contributed by atoms with Crippen LogP contribution in [0.2, 0.25) is 0 Å². The lowest BCUT2D eigenvalue weighted by atomic mass is 9.53. The minimum Gasteiger partial charge on any atom is -0.350 e. The first-order chi connectivity index (χ1) is 12.2. The summed E-state index contributed by atoms with van der Waals surface area (Å²) in [4.78, 5) is 17.4. The number of hydrogen-bond donors (Lipinski definition) is 1. The number of amides is 1. The maximum atomic E-state index is 12.7. The number of nitrogens with zero attached hydrogens (tertiary/aromatic N) is 1. The van der Waals surface area contributed by atoms with Gasteiger partial charge < -0.3 is 5.32 Å². The van der Waals surface area contributed by atoms with E-state index in [2.05, 4.69) is 22.4 Å². The van der Waals surface area contributed by atoms with Crippen molar-refractivity contribution in [2.45, 2.75) is 50.5 Å². The van der Waals surface area contributed by atoms with Crippen molar-refractivity contribution in [2.24, 2.45) is 17.8 Å². The Bertz CT molecular complexity index is 747. The van der Waals surface area contributed by atoms with Gasteiger partial charge in [-0.3, -0.25) is 4.79 Å². The van der Waals surface area contributed by atoms with E-state index in [0.29, 0.717) is 6.42 Å². The molecule has 0 spiro atoms. The van der Waals surface area contributed by atoms with Gasteiger partial charge in [0.25, 0.3) is 0 Å². The van der Waals surface area contributed by atoms with Crippen LogP contribution < -0.4 is 5.32 Å². The number of benzene rings is 1. The molecule has 1 heterocycles. The summed E-state index contributed by atoms with van der Waals surface area (Å²) >= 11 is 1.62. The van der Waals surface area contributed by atoms with Crippen LogP contribution in [-0.4, -0.2) is 16.4 Å². The van der Waals surface area contributed by atoms with Gasteiger partial charge in [0.2, 0.25) is 5.91 Å². The van der Waals surface area contributed by atoms with E-state index < -0.39 is 0 Å². The van der Waals surface area contributed by atoms with Crippen molar-refractivity contribution in [1.29, 1.82) is 0 Å². The molecule has 1 aromatic carbocycles. The van der Waals surface area contributed by atoms with E-state index in [9.17, 15) is 4.79 Å². The average Bonchev–Trinajstić information content (AvgIpc) is 3.02. The normalized spacial score (nSPS) is 32.7. The van der Waals surface area contributed by atoms with E-state index in [0.717, 1.165) is 34.0 Å². The molecule has 6 rings (SSSR count). The van der Waals surface area contributed by atoms with Crippen molar-refractivity contribution >= 4 is 17.2 Å². The van der Waals surface area contributed by atoms with Gasteiger partial charge >= 0.3 is 0 Å². The number of hydrogen-bond acceptors (Lipinski definition) is 3. The Balaban J connectivity index is 1.26. The SMILES string of the molecule is O=C(Cc1csc(-c2ccccc2)n1)NC12CC3CC(CC(C3)C1)C2. The molecule has 130 valence electrons. The van der Waals surface area contributed by atoms with Crippen LogP contribution >= 0.6 is 11.3 Å². The lowest BCUT2D eigenvalue weighted by molar-refractivity contribution is -0.126. The zero-order chi connectivity index (χ0) is 16.9. The second kappa shape index (κ2) is 5.94. The van der Waals surface area contributed by atoms with Crippen LogP contribution in [0.1, 0.15) is 44.2 Å². The monoisotopic (exact) mass is 352 g/mol. The molecule has 0 atom stereocenters. The van der Waals surface area contributed by atoms with Crippen LogP contribution in [0.15, 0.2) is 35.7 Å². The number of nitrogens with one attached hydrogen (secondary N) is 1. The molecule has 4 saturated carbocycles. The third-order valence-corrected chi connectivity index (χ3v) is 7.30. The summed E-state index contributed by atoms with van der Waals surface area (Å²) in [7, 11) is 0. The van der Waals surface area contributed by atoms with Crippen molar-refractivity contribution in [1.82, 2.24) is 10.3 Å². The molecule has 0 aliphatic heterocycles. The molecule has 3 nitrogen and oxygen atoms in total. The maximum Gasteiger partial charge on any atom is 0.226 e. The summed E-state index contributed by atoms with van der Waals surface area (Å²) in [6, 6.07) is 10.2. The number of thiazole rings is 1. The molecule has 1 aromatic heterocycles. The molecule has 0 saturated heterocycles. The second-order valence-electron chi connectivity index (χ2n) is 8.43. The van der Waals surface area contributed by atoms with Crippen molar-refractivity contribution in [2.75, 3.05) is 0 Å². The highest BCUT2D eigenvalue weighted by Gasteiger charge is 2.51. The van der Waals surface area contributed by atoms with Gasteiger partial charge in [0, 0.05) is 16.5 Å². The molecule has 1 amide bonds. The predicted octanol–water partition coefficient (Wildman–Crippen LogP) is 4.44. The summed E-state index contributed by atoms with van der Waals surface area (Å²) in [5.74, 6) is 2.73. The topological polar surface area (TPSA) is 42.0 Å². The van der Waals surface area contributed by atoms with Crippen LogP contribution in [0.3, 0.4) is 0 Å². The largest absolute Gasteiger partial charge is 0.350 e. The van der Waals surface area contributed by atoms with Gasteiger partial charge in [-0.25, -0.2) is 4.98 Å². The fraction of sp³-hybridized carbons (Fsp3) is 0.524. The van der Waals surface area contributed by atoms with Crippen molar-refractivity contribution < 1.29 is 4.79 Å². The predicted molar refractivity (Wildman–Crippen MR) is 100 cm³/mol. The van der Waals surface area contributed by atoms with Crippen LogP contribution in [0, 0.1) is 17.8 Å². The van der Waals surface area contributed by atoms with Crippen LogP contribution in [0.25, 0.3) is 10.6 Å². The Morgan fingerprint density at radius 2 is 1.72 bits per heavy atom. The van der Waals surface area contributed by atoms with Gasteiger partial charge in [0.05, 0.1) is 12.1 Å². The Morgan fingerprint density at radius 1 is 1.08 bits per heavy atom. The first kappa shape index (κ1) is 15.6.